The Morgan fingerprint density at radius 1 is 1.11 bits per heavy atom. The molecular weight excluding hydrogens is 260 g/mol. The highest BCUT2D eigenvalue weighted by Crippen LogP contribution is 2.28. The number of hydrogen-bond acceptors (Lipinski definition) is 3. The summed E-state index contributed by atoms with van der Waals surface area (Å²) in [7, 11) is 0. The van der Waals surface area contributed by atoms with Crippen LogP contribution in [0.25, 0.3) is 22.6 Å². The minimum atomic E-state index is 0.580. The molecule has 0 aliphatic heterocycles. The van der Waals surface area contributed by atoms with Crippen LogP contribution < -0.4 is 5.73 Å². The van der Waals surface area contributed by atoms with Gasteiger partial charge in [-0.15, -0.1) is 0 Å². The van der Waals surface area contributed by atoms with Crippen LogP contribution in [0.1, 0.15) is 5.56 Å². The SMILES string of the molecule is NCCc1ccc(-c2nc3cccc(Cl)c3o2)cc1. The number of nitrogens with zero attached hydrogens (tertiary/aromatic N) is 1. The molecule has 0 saturated heterocycles. The highest BCUT2D eigenvalue weighted by molar-refractivity contribution is 6.34. The highest BCUT2D eigenvalue weighted by atomic mass is 35.5. The van der Waals surface area contributed by atoms with Gasteiger partial charge < -0.3 is 10.2 Å². The summed E-state index contributed by atoms with van der Waals surface area (Å²) in [4.78, 5) is 4.44. The molecule has 96 valence electrons. The van der Waals surface area contributed by atoms with Crippen LogP contribution in [0.15, 0.2) is 46.9 Å². The first-order valence-corrected chi connectivity index (χ1v) is 6.50. The van der Waals surface area contributed by atoms with E-state index in [-0.39, 0.29) is 0 Å². The van der Waals surface area contributed by atoms with Crippen LogP contribution in [0.4, 0.5) is 0 Å². The normalized spacial score (nSPS) is 11.1. The maximum atomic E-state index is 6.08. The molecule has 3 rings (SSSR count). The number of benzene rings is 2. The van der Waals surface area contributed by atoms with E-state index >= 15 is 0 Å². The smallest absolute Gasteiger partial charge is 0.227 e. The molecule has 1 heterocycles. The van der Waals surface area contributed by atoms with Gasteiger partial charge in [0.25, 0.3) is 0 Å². The fourth-order valence-electron chi connectivity index (χ4n) is 2.02. The second-order valence-electron chi connectivity index (χ2n) is 4.34. The first kappa shape index (κ1) is 12.2. The van der Waals surface area contributed by atoms with E-state index in [0.29, 0.717) is 23.0 Å². The van der Waals surface area contributed by atoms with Crippen molar-refractivity contribution in [2.45, 2.75) is 6.42 Å². The molecule has 0 aliphatic rings. The van der Waals surface area contributed by atoms with Gasteiger partial charge in [-0.1, -0.05) is 29.8 Å². The molecule has 0 atom stereocenters. The van der Waals surface area contributed by atoms with Crippen molar-refractivity contribution in [1.82, 2.24) is 4.98 Å². The summed E-state index contributed by atoms with van der Waals surface area (Å²) in [6, 6.07) is 13.6. The van der Waals surface area contributed by atoms with Gasteiger partial charge >= 0.3 is 0 Å². The molecule has 0 radical (unpaired) electrons. The summed E-state index contributed by atoms with van der Waals surface area (Å²) in [5, 5.41) is 0.580. The van der Waals surface area contributed by atoms with E-state index in [9.17, 15) is 0 Å². The van der Waals surface area contributed by atoms with E-state index in [2.05, 4.69) is 4.98 Å². The Kier molecular flexibility index (Phi) is 3.23. The summed E-state index contributed by atoms with van der Waals surface area (Å²) in [6.07, 6.45) is 0.875. The number of oxazole rings is 1. The first-order chi connectivity index (χ1) is 9.28. The van der Waals surface area contributed by atoms with Crippen LogP contribution in [0.3, 0.4) is 0 Å². The number of para-hydroxylation sites is 1. The molecule has 3 nitrogen and oxygen atoms in total. The zero-order chi connectivity index (χ0) is 13.2. The third kappa shape index (κ3) is 2.35. The average Bonchev–Trinajstić information content (AvgIpc) is 2.85. The van der Waals surface area contributed by atoms with Crippen LogP contribution in [-0.4, -0.2) is 11.5 Å². The van der Waals surface area contributed by atoms with Crippen LogP contribution in [0.2, 0.25) is 5.02 Å². The molecule has 0 amide bonds. The fraction of sp³-hybridized carbons (Fsp3) is 0.133. The van der Waals surface area contributed by atoms with E-state index < -0.39 is 0 Å². The van der Waals surface area contributed by atoms with Crippen LogP contribution in [0.5, 0.6) is 0 Å². The lowest BCUT2D eigenvalue weighted by Gasteiger charge is -1.99. The van der Waals surface area contributed by atoms with E-state index in [0.717, 1.165) is 17.5 Å². The van der Waals surface area contributed by atoms with Gasteiger partial charge in [0.1, 0.15) is 5.52 Å². The number of fused-ring (bicyclic) bond motifs is 1. The molecule has 0 aliphatic carbocycles. The molecule has 0 fully saturated rings. The van der Waals surface area contributed by atoms with E-state index in [4.69, 9.17) is 21.8 Å². The van der Waals surface area contributed by atoms with Gasteiger partial charge in [-0.3, -0.25) is 0 Å². The second-order valence-corrected chi connectivity index (χ2v) is 4.75. The van der Waals surface area contributed by atoms with Gasteiger partial charge in [0.2, 0.25) is 5.89 Å². The largest absolute Gasteiger partial charge is 0.435 e. The van der Waals surface area contributed by atoms with Crippen molar-refractivity contribution in [1.29, 1.82) is 0 Å². The molecular formula is C15H13ClN2O. The van der Waals surface area contributed by atoms with E-state index in [1.54, 1.807) is 6.07 Å². The minimum absolute atomic E-state index is 0.580. The average molecular weight is 273 g/mol. The Labute approximate surface area is 116 Å². The predicted molar refractivity (Wildman–Crippen MR) is 77.2 cm³/mol. The molecule has 1 aromatic heterocycles. The maximum Gasteiger partial charge on any atom is 0.227 e. The third-order valence-corrected chi connectivity index (χ3v) is 3.30. The molecule has 0 spiro atoms. The van der Waals surface area contributed by atoms with Crippen molar-refractivity contribution in [3.8, 4) is 11.5 Å². The predicted octanol–water partition coefficient (Wildman–Crippen LogP) is 3.65. The standard InChI is InChI=1S/C15H13ClN2O/c16-12-2-1-3-13-14(12)19-15(18-13)11-6-4-10(5-7-11)8-9-17/h1-7H,8-9,17H2. The second kappa shape index (κ2) is 5.03. The molecule has 0 bridgehead atoms. The van der Waals surface area contributed by atoms with Gasteiger partial charge in [0.05, 0.1) is 5.02 Å². The first-order valence-electron chi connectivity index (χ1n) is 6.12. The number of aromatic nitrogens is 1. The maximum absolute atomic E-state index is 6.08. The molecule has 2 aromatic carbocycles. The molecule has 19 heavy (non-hydrogen) atoms. The summed E-state index contributed by atoms with van der Waals surface area (Å²) in [5.41, 5.74) is 9.08. The van der Waals surface area contributed by atoms with Crippen molar-refractivity contribution in [2.24, 2.45) is 5.73 Å². The number of hydrogen-bond donors (Lipinski definition) is 1. The molecule has 0 unspecified atom stereocenters. The molecule has 2 N–H and O–H groups in total. The zero-order valence-electron chi connectivity index (χ0n) is 10.3. The lowest BCUT2D eigenvalue weighted by molar-refractivity contribution is 0.620. The van der Waals surface area contributed by atoms with E-state index in [1.807, 2.05) is 36.4 Å². The lowest BCUT2D eigenvalue weighted by atomic mass is 10.1. The van der Waals surface area contributed by atoms with Crippen molar-refractivity contribution >= 4 is 22.7 Å². The Balaban J connectivity index is 2.01. The van der Waals surface area contributed by atoms with Crippen molar-refractivity contribution in [2.75, 3.05) is 6.54 Å². The minimum Gasteiger partial charge on any atom is -0.435 e. The third-order valence-electron chi connectivity index (χ3n) is 3.00. The topological polar surface area (TPSA) is 52.0 Å². The van der Waals surface area contributed by atoms with Gasteiger partial charge in [-0.05, 0) is 42.8 Å². The Morgan fingerprint density at radius 2 is 1.89 bits per heavy atom. The molecule has 4 heteroatoms. The summed E-state index contributed by atoms with van der Waals surface area (Å²) in [6.45, 7) is 0.651. The zero-order valence-corrected chi connectivity index (χ0v) is 11.0. The summed E-state index contributed by atoms with van der Waals surface area (Å²) < 4.78 is 5.72. The monoisotopic (exact) mass is 272 g/mol. The summed E-state index contributed by atoms with van der Waals surface area (Å²) >= 11 is 6.08. The van der Waals surface area contributed by atoms with Gasteiger partial charge in [-0.25, -0.2) is 4.98 Å². The van der Waals surface area contributed by atoms with Crippen molar-refractivity contribution in [3.63, 3.8) is 0 Å². The number of nitrogens with two attached hydrogens (primary N) is 1. The number of halogens is 1. The van der Waals surface area contributed by atoms with Gasteiger partial charge in [0.15, 0.2) is 5.58 Å². The van der Waals surface area contributed by atoms with Crippen molar-refractivity contribution < 1.29 is 4.42 Å². The lowest BCUT2D eigenvalue weighted by Crippen LogP contribution is -2.02. The van der Waals surface area contributed by atoms with E-state index in [1.165, 1.54) is 5.56 Å². The molecule has 0 saturated carbocycles. The van der Waals surface area contributed by atoms with Crippen LogP contribution >= 0.6 is 11.6 Å². The Hall–Kier alpha value is -1.84. The summed E-state index contributed by atoms with van der Waals surface area (Å²) in [5.74, 6) is 0.586. The quantitative estimate of drug-likeness (QED) is 0.792. The van der Waals surface area contributed by atoms with Gasteiger partial charge in [-0.2, -0.15) is 0 Å². The van der Waals surface area contributed by atoms with Crippen molar-refractivity contribution in [3.05, 3.63) is 53.1 Å². The molecule has 3 aromatic rings. The van der Waals surface area contributed by atoms with Crippen LogP contribution in [-0.2, 0) is 6.42 Å². The fourth-order valence-corrected chi connectivity index (χ4v) is 2.23. The van der Waals surface area contributed by atoms with Crippen LogP contribution in [0, 0.1) is 0 Å². The highest BCUT2D eigenvalue weighted by Gasteiger charge is 2.10. The Morgan fingerprint density at radius 3 is 2.58 bits per heavy atom. The van der Waals surface area contributed by atoms with Gasteiger partial charge in [0, 0.05) is 5.56 Å². The number of rotatable bonds is 3. The Bertz CT molecular complexity index is 704.